The minimum atomic E-state index is 0.200. The fourth-order valence-electron chi connectivity index (χ4n) is 4.50. The zero-order valence-corrected chi connectivity index (χ0v) is 15.4. The van der Waals surface area contributed by atoms with E-state index in [0.717, 1.165) is 23.8 Å². The summed E-state index contributed by atoms with van der Waals surface area (Å²) >= 11 is 0. The summed E-state index contributed by atoms with van der Waals surface area (Å²) < 4.78 is 0. The molecule has 4 nitrogen and oxygen atoms in total. The van der Waals surface area contributed by atoms with Gasteiger partial charge in [0.2, 0.25) is 5.91 Å². The number of benzene rings is 1. The highest BCUT2D eigenvalue weighted by molar-refractivity contribution is 5.80. The molecule has 4 rings (SSSR count). The highest BCUT2D eigenvalue weighted by Gasteiger charge is 2.37. The molecule has 1 saturated carbocycles. The number of amides is 1. The number of imidazole rings is 1. The van der Waals surface area contributed by atoms with Gasteiger partial charge in [0, 0.05) is 36.2 Å². The van der Waals surface area contributed by atoms with Crippen molar-refractivity contribution in [1.29, 1.82) is 0 Å². The molecule has 1 saturated heterocycles. The Morgan fingerprint density at radius 1 is 1.16 bits per heavy atom. The Balaban J connectivity index is 1.59. The molecule has 2 aromatic rings. The molecule has 2 heterocycles. The molecule has 25 heavy (non-hydrogen) atoms. The van der Waals surface area contributed by atoms with Gasteiger partial charge in [-0.05, 0) is 39.2 Å². The molecular formula is C21H27N3O. The quantitative estimate of drug-likeness (QED) is 0.910. The Kier molecular flexibility index (Phi) is 4.14. The second-order valence-corrected chi connectivity index (χ2v) is 7.80. The molecule has 0 radical (unpaired) electrons. The molecule has 1 amide bonds. The zero-order chi connectivity index (χ0) is 17.6. The number of likely N-dealkylation sites (tertiary alicyclic amines) is 1. The van der Waals surface area contributed by atoms with Gasteiger partial charge in [-0.3, -0.25) is 4.79 Å². The molecule has 2 aliphatic rings. The largest absolute Gasteiger partial charge is 0.345 e. The van der Waals surface area contributed by atoms with Crippen molar-refractivity contribution in [2.75, 3.05) is 6.54 Å². The van der Waals surface area contributed by atoms with E-state index in [2.05, 4.69) is 48.9 Å². The predicted molar refractivity (Wildman–Crippen MR) is 99.6 cm³/mol. The van der Waals surface area contributed by atoms with Crippen molar-refractivity contribution in [3.05, 3.63) is 40.8 Å². The van der Waals surface area contributed by atoms with Crippen molar-refractivity contribution in [2.45, 2.75) is 64.8 Å². The van der Waals surface area contributed by atoms with Crippen LogP contribution in [0.3, 0.4) is 0 Å². The third-order valence-electron chi connectivity index (χ3n) is 5.85. The van der Waals surface area contributed by atoms with Gasteiger partial charge in [0.1, 0.15) is 5.82 Å². The highest BCUT2D eigenvalue weighted by Crippen LogP contribution is 2.35. The van der Waals surface area contributed by atoms with E-state index in [1.54, 1.807) is 0 Å². The predicted octanol–water partition coefficient (Wildman–Crippen LogP) is 4.26. The monoisotopic (exact) mass is 337 g/mol. The van der Waals surface area contributed by atoms with E-state index in [-0.39, 0.29) is 5.92 Å². The molecule has 1 aromatic heterocycles. The molecule has 1 N–H and O–H groups in total. The van der Waals surface area contributed by atoms with Gasteiger partial charge in [-0.1, -0.05) is 36.6 Å². The number of carbonyl (C=O) groups is 1. The van der Waals surface area contributed by atoms with Crippen LogP contribution >= 0.6 is 0 Å². The summed E-state index contributed by atoms with van der Waals surface area (Å²) in [5.74, 6) is 1.48. The van der Waals surface area contributed by atoms with E-state index in [9.17, 15) is 4.79 Å². The van der Waals surface area contributed by atoms with Crippen LogP contribution in [0.2, 0.25) is 0 Å². The van der Waals surface area contributed by atoms with Gasteiger partial charge in [0.05, 0.1) is 5.69 Å². The minimum Gasteiger partial charge on any atom is -0.345 e. The maximum absolute atomic E-state index is 12.5. The lowest BCUT2D eigenvalue weighted by Crippen LogP contribution is -2.34. The number of aromatic nitrogens is 2. The molecule has 1 aromatic carbocycles. The van der Waals surface area contributed by atoms with Gasteiger partial charge in [0.15, 0.2) is 0 Å². The van der Waals surface area contributed by atoms with Crippen LogP contribution in [-0.4, -0.2) is 33.4 Å². The van der Waals surface area contributed by atoms with Crippen LogP contribution in [0.25, 0.3) is 11.3 Å². The van der Waals surface area contributed by atoms with E-state index >= 15 is 0 Å². The van der Waals surface area contributed by atoms with Gasteiger partial charge in [-0.2, -0.15) is 0 Å². The van der Waals surface area contributed by atoms with Crippen molar-refractivity contribution in [3.63, 3.8) is 0 Å². The summed E-state index contributed by atoms with van der Waals surface area (Å²) in [6, 6.07) is 6.95. The van der Waals surface area contributed by atoms with Crippen LogP contribution in [0.4, 0.5) is 0 Å². The maximum Gasteiger partial charge on any atom is 0.223 e. The minimum absolute atomic E-state index is 0.200. The smallest absolute Gasteiger partial charge is 0.223 e. The highest BCUT2D eigenvalue weighted by atomic mass is 16.2. The average molecular weight is 337 g/mol. The zero-order valence-electron chi connectivity index (χ0n) is 15.4. The molecule has 0 spiro atoms. The Morgan fingerprint density at radius 3 is 2.64 bits per heavy atom. The number of aryl methyl sites for hydroxylation is 3. The molecule has 2 fully saturated rings. The fraction of sp³-hybridized carbons (Fsp3) is 0.524. The molecule has 4 heteroatoms. The number of carbonyl (C=O) groups excluding carboxylic acids is 1. The first kappa shape index (κ1) is 16.4. The van der Waals surface area contributed by atoms with Crippen LogP contribution in [0.1, 0.15) is 60.7 Å². The summed E-state index contributed by atoms with van der Waals surface area (Å²) in [4.78, 5) is 23.0. The second kappa shape index (κ2) is 6.32. The summed E-state index contributed by atoms with van der Waals surface area (Å²) in [7, 11) is 0. The van der Waals surface area contributed by atoms with Crippen molar-refractivity contribution >= 4 is 5.91 Å². The molecular weight excluding hydrogens is 310 g/mol. The number of H-pyrrole nitrogens is 1. The number of hydrogen-bond acceptors (Lipinski definition) is 2. The molecule has 1 atom stereocenters. The third kappa shape index (κ3) is 2.99. The maximum atomic E-state index is 12.5. The number of aromatic amines is 1. The summed E-state index contributed by atoms with van der Waals surface area (Å²) in [6.07, 6.45) is 5.45. The van der Waals surface area contributed by atoms with Gasteiger partial charge < -0.3 is 9.88 Å². The van der Waals surface area contributed by atoms with Gasteiger partial charge in [0.25, 0.3) is 0 Å². The van der Waals surface area contributed by atoms with E-state index in [4.69, 9.17) is 4.98 Å². The first-order valence-electron chi connectivity index (χ1n) is 9.46. The van der Waals surface area contributed by atoms with Crippen LogP contribution in [-0.2, 0) is 4.79 Å². The van der Waals surface area contributed by atoms with E-state index in [1.807, 2.05) is 0 Å². The first-order valence-corrected chi connectivity index (χ1v) is 9.46. The second-order valence-electron chi connectivity index (χ2n) is 7.80. The standard InChI is InChI=1S/C21H27N3O/c1-13-8-9-18(14(2)10-13)20-15(3)22-21(23-20)16-11-19(25)24(12-16)17-6-4-5-7-17/h8-10,16-17H,4-7,11-12H2,1-3H3,(H,22,23). The van der Waals surface area contributed by atoms with Crippen molar-refractivity contribution < 1.29 is 4.79 Å². The van der Waals surface area contributed by atoms with Crippen molar-refractivity contribution in [1.82, 2.24) is 14.9 Å². The number of rotatable bonds is 3. The van der Waals surface area contributed by atoms with Crippen molar-refractivity contribution in [3.8, 4) is 11.3 Å². The number of nitrogens with one attached hydrogen (secondary N) is 1. The number of hydrogen-bond donors (Lipinski definition) is 1. The Bertz CT molecular complexity index is 801. The summed E-state index contributed by atoms with van der Waals surface area (Å²) in [5.41, 5.74) is 5.81. The molecule has 1 aliphatic heterocycles. The Hall–Kier alpha value is -2.10. The van der Waals surface area contributed by atoms with Gasteiger partial charge in [-0.25, -0.2) is 4.98 Å². The third-order valence-corrected chi connectivity index (χ3v) is 5.85. The average Bonchev–Trinajstić information content (AvgIpc) is 3.27. The molecule has 132 valence electrons. The lowest BCUT2D eigenvalue weighted by Gasteiger charge is -2.23. The van der Waals surface area contributed by atoms with Crippen LogP contribution in [0.15, 0.2) is 18.2 Å². The number of nitrogens with zero attached hydrogens (tertiary/aromatic N) is 2. The normalized spacial score (nSPS) is 21.5. The molecule has 1 aliphatic carbocycles. The van der Waals surface area contributed by atoms with Gasteiger partial charge in [-0.15, -0.1) is 0 Å². The van der Waals surface area contributed by atoms with Gasteiger partial charge >= 0.3 is 0 Å². The van der Waals surface area contributed by atoms with Crippen LogP contribution in [0.5, 0.6) is 0 Å². The van der Waals surface area contributed by atoms with E-state index < -0.39 is 0 Å². The topological polar surface area (TPSA) is 49.0 Å². The van der Waals surface area contributed by atoms with E-state index in [0.29, 0.717) is 18.4 Å². The van der Waals surface area contributed by atoms with Crippen molar-refractivity contribution in [2.24, 2.45) is 0 Å². The molecule has 0 bridgehead atoms. The lowest BCUT2D eigenvalue weighted by atomic mass is 10.0. The summed E-state index contributed by atoms with van der Waals surface area (Å²) in [5, 5.41) is 0. The molecule has 1 unspecified atom stereocenters. The summed E-state index contributed by atoms with van der Waals surface area (Å²) in [6.45, 7) is 7.15. The van der Waals surface area contributed by atoms with Crippen LogP contribution < -0.4 is 0 Å². The fourth-order valence-corrected chi connectivity index (χ4v) is 4.50. The lowest BCUT2D eigenvalue weighted by molar-refractivity contribution is -0.129. The Morgan fingerprint density at radius 2 is 1.92 bits per heavy atom. The first-order chi connectivity index (χ1) is 12.0. The van der Waals surface area contributed by atoms with E-state index in [1.165, 1.54) is 42.4 Å². The SMILES string of the molecule is Cc1ccc(-c2nc(C3CC(=O)N(C4CCCC4)C3)[nH]c2C)c(C)c1. The van der Waals surface area contributed by atoms with Crippen LogP contribution in [0, 0.1) is 20.8 Å². The Labute approximate surface area is 149 Å².